The zero-order chi connectivity index (χ0) is 21.6. The van der Waals surface area contributed by atoms with E-state index >= 15 is 0 Å². The minimum absolute atomic E-state index is 0.646. The van der Waals surface area contributed by atoms with Crippen molar-refractivity contribution >= 4 is 29.8 Å². The number of carbonyl (C=O) groups is 5. The molecule has 0 radical (unpaired) electrons. The summed E-state index contributed by atoms with van der Waals surface area (Å²) in [5.74, 6) is -3.72. The Morgan fingerprint density at radius 3 is 1.50 bits per heavy atom. The summed E-state index contributed by atoms with van der Waals surface area (Å²) >= 11 is 0. The Morgan fingerprint density at radius 2 is 1.07 bits per heavy atom. The molecule has 6 atom stereocenters. The molecular weight excluding hydrogens is 380 g/mol. The summed E-state index contributed by atoms with van der Waals surface area (Å²) in [6.45, 7) is 6.99. The van der Waals surface area contributed by atoms with Crippen molar-refractivity contribution in [2.45, 2.75) is 78.4 Å². The van der Waals surface area contributed by atoms with Crippen LogP contribution in [-0.2, 0) is 52.4 Å². The number of carbonyl (C=O) groups excluding carboxylic acids is 5. The molecule has 0 amide bonds. The van der Waals surface area contributed by atoms with E-state index in [0.29, 0.717) is 0 Å². The predicted molar refractivity (Wildman–Crippen MR) is 88.3 cm³/mol. The van der Waals surface area contributed by atoms with E-state index < -0.39 is 66.7 Å². The number of hydrogen-bond acceptors (Lipinski definition) is 11. The van der Waals surface area contributed by atoms with Crippen molar-refractivity contribution in [2.24, 2.45) is 0 Å². The first-order valence-corrected chi connectivity index (χ1v) is 8.44. The molecule has 0 bridgehead atoms. The topological polar surface area (TPSA) is 141 Å². The van der Waals surface area contributed by atoms with Gasteiger partial charge in [-0.15, -0.1) is 0 Å². The third-order valence-electron chi connectivity index (χ3n) is 3.53. The zero-order valence-corrected chi connectivity index (χ0v) is 16.5. The maximum Gasteiger partial charge on any atom is 0.305 e. The van der Waals surface area contributed by atoms with Crippen LogP contribution in [0.3, 0.4) is 0 Å². The summed E-state index contributed by atoms with van der Waals surface area (Å²) in [6.07, 6.45) is -7.79. The molecule has 6 unspecified atom stereocenters. The van der Waals surface area contributed by atoms with Gasteiger partial charge in [-0.1, -0.05) is 0 Å². The van der Waals surface area contributed by atoms with Crippen LogP contribution in [0.1, 0.15) is 41.5 Å². The summed E-state index contributed by atoms with van der Waals surface area (Å²) in [5.41, 5.74) is 0. The van der Waals surface area contributed by atoms with E-state index in [1.165, 1.54) is 6.92 Å². The van der Waals surface area contributed by atoms with Gasteiger partial charge in [-0.2, -0.15) is 0 Å². The molecule has 1 aliphatic rings. The number of ether oxygens (including phenoxy) is 6. The monoisotopic (exact) mass is 404 g/mol. The van der Waals surface area contributed by atoms with E-state index in [0.717, 1.165) is 34.6 Å². The number of rotatable bonds is 6. The molecule has 0 aliphatic carbocycles. The van der Waals surface area contributed by atoms with Gasteiger partial charge in [-0.25, -0.2) is 0 Å². The van der Waals surface area contributed by atoms with Crippen molar-refractivity contribution in [1.82, 2.24) is 0 Å². The molecule has 1 heterocycles. The van der Waals surface area contributed by atoms with Crippen LogP contribution < -0.4 is 0 Å². The fourth-order valence-corrected chi connectivity index (χ4v) is 2.77. The maximum atomic E-state index is 11.6. The lowest BCUT2D eigenvalue weighted by molar-refractivity contribution is -0.307. The quantitative estimate of drug-likeness (QED) is 0.437. The molecule has 28 heavy (non-hydrogen) atoms. The van der Waals surface area contributed by atoms with Crippen LogP contribution in [0.4, 0.5) is 0 Å². The average molecular weight is 404 g/mol. The molecule has 0 aromatic heterocycles. The van der Waals surface area contributed by atoms with Gasteiger partial charge in [0.05, 0.1) is 0 Å². The van der Waals surface area contributed by atoms with Gasteiger partial charge in [-0.05, 0) is 6.92 Å². The van der Waals surface area contributed by atoms with Gasteiger partial charge in [0.15, 0.2) is 12.2 Å². The molecule has 0 N–H and O–H groups in total. The van der Waals surface area contributed by atoms with Crippen molar-refractivity contribution in [3.63, 3.8) is 0 Å². The summed E-state index contributed by atoms with van der Waals surface area (Å²) in [6, 6.07) is 0. The first kappa shape index (κ1) is 23.3. The van der Waals surface area contributed by atoms with Crippen LogP contribution >= 0.6 is 0 Å². The highest BCUT2D eigenvalue weighted by Crippen LogP contribution is 2.31. The van der Waals surface area contributed by atoms with Gasteiger partial charge in [0.1, 0.15) is 12.2 Å². The molecule has 0 aromatic rings. The molecular formula is C17H24O11. The van der Waals surface area contributed by atoms with E-state index in [1.54, 1.807) is 0 Å². The van der Waals surface area contributed by atoms with Crippen molar-refractivity contribution in [1.29, 1.82) is 0 Å². The van der Waals surface area contributed by atoms with E-state index in [-0.39, 0.29) is 0 Å². The molecule has 1 rings (SSSR count). The highest BCUT2D eigenvalue weighted by atomic mass is 16.7. The van der Waals surface area contributed by atoms with Gasteiger partial charge in [-0.3, -0.25) is 24.0 Å². The molecule has 1 fully saturated rings. The van der Waals surface area contributed by atoms with Crippen molar-refractivity contribution in [2.75, 3.05) is 0 Å². The SMILES string of the molecule is CC(=O)OC(C)C1OC(OC(C)=O)C(OC(C)=O)C(OC(C)=O)C1OC(C)=O. The second-order valence-corrected chi connectivity index (χ2v) is 6.12. The molecule has 1 saturated heterocycles. The third-order valence-corrected chi connectivity index (χ3v) is 3.53. The van der Waals surface area contributed by atoms with Gasteiger partial charge < -0.3 is 28.4 Å². The number of hydrogen-bond donors (Lipinski definition) is 0. The second-order valence-electron chi connectivity index (χ2n) is 6.12. The second kappa shape index (κ2) is 10.0. The van der Waals surface area contributed by atoms with Crippen LogP contribution in [0.15, 0.2) is 0 Å². The summed E-state index contributed by atoms with van der Waals surface area (Å²) in [4.78, 5) is 57.5. The van der Waals surface area contributed by atoms with Crippen LogP contribution in [-0.4, -0.2) is 66.7 Å². The van der Waals surface area contributed by atoms with Crippen LogP contribution in [0, 0.1) is 0 Å². The van der Waals surface area contributed by atoms with Crippen LogP contribution in [0.5, 0.6) is 0 Å². The Hall–Kier alpha value is -2.69. The van der Waals surface area contributed by atoms with Crippen molar-refractivity contribution < 1.29 is 52.4 Å². The van der Waals surface area contributed by atoms with E-state index in [2.05, 4.69) is 0 Å². The molecule has 0 spiro atoms. The normalized spacial score (nSPS) is 27.7. The third kappa shape index (κ3) is 6.80. The van der Waals surface area contributed by atoms with Gasteiger partial charge in [0.25, 0.3) is 0 Å². The number of esters is 5. The molecule has 0 aromatic carbocycles. The fourth-order valence-electron chi connectivity index (χ4n) is 2.77. The first-order chi connectivity index (χ1) is 12.9. The molecule has 158 valence electrons. The Labute approximate surface area is 161 Å². The summed E-state index contributed by atoms with van der Waals surface area (Å²) < 4.78 is 31.3. The Morgan fingerprint density at radius 1 is 0.643 bits per heavy atom. The molecule has 11 nitrogen and oxygen atoms in total. The average Bonchev–Trinajstić information content (AvgIpc) is 2.50. The van der Waals surface area contributed by atoms with E-state index in [9.17, 15) is 24.0 Å². The minimum Gasteiger partial charge on any atom is -0.460 e. The smallest absolute Gasteiger partial charge is 0.305 e. The van der Waals surface area contributed by atoms with Crippen molar-refractivity contribution in [3.8, 4) is 0 Å². The van der Waals surface area contributed by atoms with Gasteiger partial charge in [0, 0.05) is 34.6 Å². The summed E-state index contributed by atoms with van der Waals surface area (Å²) in [5, 5.41) is 0. The first-order valence-electron chi connectivity index (χ1n) is 8.44. The highest BCUT2D eigenvalue weighted by molar-refractivity contribution is 5.69. The molecule has 11 heteroatoms. The van der Waals surface area contributed by atoms with E-state index in [4.69, 9.17) is 28.4 Å². The highest BCUT2D eigenvalue weighted by Gasteiger charge is 2.55. The Kier molecular flexibility index (Phi) is 8.35. The lowest BCUT2D eigenvalue weighted by Gasteiger charge is -2.45. The van der Waals surface area contributed by atoms with Gasteiger partial charge in [0.2, 0.25) is 12.4 Å². The molecule has 0 saturated carbocycles. The lowest BCUT2D eigenvalue weighted by Crippen LogP contribution is -2.64. The Bertz CT molecular complexity index is 629. The maximum absolute atomic E-state index is 11.6. The van der Waals surface area contributed by atoms with Crippen molar-refractivity contribution in [3.05, 3.63) is 0 Å². The van der Waals surface area contributed by atoms with Gasteiger partial charge >= 0.3 is 29.8 Å². The lowest BCUT2D eigenvalue weighted by atomic mass is 9.95. The Balaban J connectivity index is 3.39. The summed E-state index contributed by atoms with van der Waals surface area (Å²) in [7, 11) is 0. The minimum atomic E-state index is -1.50. The standard InChI is InChI=1S/C17H24O11/c1-7(23-8(2)18)13-14(24-9(3)19)15(25-10(4)20)16(26-11(5)21)17(28-13)27-12(6)22/h7,13-17H,1-6H3. The predicted octanol–water partition coefficient (Wildman–Crippen LogP) is 0.0211. The molecule has 1 aliphatic heterocycles. The van der Waals surface area contributed by atoms with Crippen LogP contribution in [0.25, 0.3) is 0 Å². The zero-order valence-electron chi connectivity index (χ0n) is 16.5. The largest absolute Gasteiger partial charge is 0.460 e. The van der Waals surface area contributed by atoms with E-state index in [1.807, 2.05) is 0 Å². The fraction of sp³-hybridized carbons (Fsp3) is 0.706. The van der Waals surface area contributed by atoms with Crippen LogP contribution in [0.2, 0.25) is 0 Å².